The number of fused-ring (bicyclic) bond motifs is 6. The second kappa shape index (κ2) is 12.4. The van der Waals surface area contributed by atoms with Gasteiger partial charge in [0, 0.05) is 48.1 Å². The van der Waals surface area contributed by atoms with Gasteiger partial charge < -0.3 is 19.8 Å². The number of aromatic nitrogens is 2. The molecule has 0 atom stereocenters. The number of aryl methyl sites for hydroxylation is 1. The number of rotatable bonds is 2. The van der Waals surface area contributed by atoms with Crippen LogP contribution in [0.1, 0.15) is 64.0 Å². The first-order chi connectivity index (χ1) is 24.0. The lowest BCUT2D eigenvalue weighted by Crippen LogP contribution is -2.34. The Balaban J connectivity index is 0.000000157. The zero-order chi connectivity index (χ0) is 35.3. The van der Waals surface area contributed by atoms with Crippen molar-refractivity contribution in [1.82, 2.24) is 19.8 Å². The summed E-state index contributed by atoms with van der Waals surface area (Å²) in [5, 5.41) is 26.3. The number of nitrogens with one attached hydrogen (secondary N) is 2. The summed E-state index contributed by atoms with van der Waals surface area (Å²) >= 11 is 0. The van der Waals surface area contributed by atoms with E-state index in [1.54, 1.807) is 31.2 Å². The van der Waals surface area contributed by atoms with Crippen molar-refractivity contribution >= 4 is 33.6 Å². The lowest BCUT2D eigenvalue weighted by atomic mass is 9.86. The fourth-order valence-corrected chi connectivity index (χ4v) is 6.94. The maximum atomic E-state index is 13.6. The molecular formula is C41H35FN6O2. The van der Waals surface area contributed by atoms with Gasteiger partial charge in [-0.3, -0.25) is 9.59 Å². The minimum Gasteiger partial charge on any atom is -0.349 e. The van der Waals surface area contributed by atoms with Crippen LogP contribution in [-0.4, -0.2) is 34.0 Å². The smallest absolute Gasteiger partial charge is 0.268 e. The number of benzene rings is 4. The van der Waals surface area contributed by atoms with Gasteiger partial charge in [-0.05, 0) is 83.1 Å². The first kappa shape index (κ1) is 32.4. The largest absolute Gasteiger partial charge is 0.349 e. The van der Waals surface area contributed by atoms with E-state index in [4.69, 9.17) is 0 Å². The van der Waals surface area contributed by atoms with Crippen LogP contribution in [0.2, 0.25) is 0 Å². The molecule has 4 aromatic carbocycles. The number of hydrogen-bond donors (Lipinski definition) is 2. The summed E-state index contributed by atoms with van der Waals surface area (Å²) < 4.78 is 17.7. The number of carbonyl (C=O) groups excluding carboxylic acids is 2. The predicted molar refractivity (Wildman–Crippen MR) is 192 cm³/mol. The van der Waals surface area contributed by atoms with Crippen molar-refractivity contribution in [3.8, 4) is 34.4 Å². The molecule has 8 rings (SSSR count). The number of hydrogen-bond acceptors (Lipinski definition) is 4. The number of nitrogens with zero attached hydrogens (tertiary/aromatic N) is 4. The number of carbonyl (C=O) groups is 2. The molecule has 50 heavy (non-hydrogen) atoms. The Morgan fingerprint density at radius 1 is 0.680 bits per heavy atom. The van der Waals surface area contributed by atoms with E-state index >= 15 is 0 Å². The van der Waals surface area contributed by atoms with Crippen LogP contribution in [0.4, 0.5) is 4.39 Å². The molecule has 2 aliphatic heterocycles. The average Bonchev–Trinajstić information content (AvgIpc) is 3.69. The quantitative estimate of drug-likeness (QED) is 0.199. The van der Waals surface area contributed by atoms with E-state index in [1.807, 2.05) is 28.8 Å². The zero-order valence-electron chi connectivity index (χ0n) is 28.3. The standard InChI is InChI=1S/C22H21N3O.C19H14FN3O/c1-22(2,3)17-6-4-15(5-7-17)18-11-14(13-23)10-16-12-19-21(26)24-8-9-25(19)20(16)18;1-11-6-13(2-3-16(11)20)15-8-12(10-21)7-14-9-17-19(24)22-4-5-23(17)18(14)15/h4-7,10-12H,8-9H2,1-3H3,(H,24,26);2-3,6-9H,4-5H2,1H3,(H,22,24). The van der Waals surface area contributed by atoms with E-state index in [9.17, 15) is 24.5 Å². The van der Waals surface area contributed by atoms with Crippen molar-refractivity contribution in [1.29, 1.82) is 10.5 Å². The van der Waals surface area contributed by atoms with Crippen LogP contribution in [0.5, 0.6) is 0 Å². The van der Waals surface area contributed by atoms with E-state index in [2.05, 4.69) is 72.4 Å². The fourth-order valence-electron chi connectivity index (χ4n) is 6.94. The minimum absolute atomic E-state index is 0.0556. The van der Waals surface area contributed by atoms with E-state index in [0.717, 1.165) is 50.6 Å². The zero-order valence-corrected chi connectivity index (χ0v) is 28.3. The highest BCUT2D eigenvalue weighted by Gasteiger charge is 2.24. The normalized spacial score (nSPS) is 13.7. The van der Waals surface area contributed by atoms with Gasteiger partial charge in [-0.2, -0.15) is 10.5 Å². The lowest BCUT2D eigenvalue weighted by molar-refractivity contribution is 0.0921. The van der Waals surface area contributed by atoms with Crippen LogP contribution >= 0.6 is 0 Å². The first-order valence-corrected chi connectivity index (χ1v) is 16.6. The van der Waals surface area contributed by atoms with Crippen LogP contribution in [0, 0.1) is 35.4 Å². The van der Waals surface area contributed by atoms with Gasteiger partial charge in [0.05, 0.1) is 34.3 Å². The fraction of sp³-hybridized carbons (Fsp3) is 0.220. The molecule has 0 fully saturated rings. The highest BCUT2D eigenvalue weighted by atomic mass is 19.1. The van der Waals surface area contributed by atoms with Crippen LogP contribution in [0.15, 0.2) is 78.9 Å². The van der Waals surface area contributed by atoms with Crippen LogP contribution < -0.4 is 10.6 Å². The third-order valence-electron chi connectivity index (χ3n) is 9.48. The molecule has 248 valence electrons. The Morgan fingerprint density at radius 3 is 1.62 bits per heavy atom. The molecular weight excluding hydrogens is 627 g/mol. The third-order valence-corrected chi connectivity index (χ3v) is 9.48. The number of halogens is 1. The van der Waals surface area contributed by atoms with Crippen molar-refractivity contribution in [2.75, 3.05) is 13.1 Å². The predicted octanol–water partition coefficient (Wildman–Crippen LogP) is 7.59. The van der Waals surface area contributed by atoms with Gasteiger partial charge in [0.15, 0.2) is 0 Å². The maximum absolute atomic E-state index is 13.6. The molecule has 2 aromatic heterocycles. The molecule has 6 aromatic rings. The number of amides is 2. The SMILES string of the molecule is CC(C)(C)c1ccc(-c2cc(C#N)cc3cc4n(c23)CCNC4=O)cc1.Cc1cc(-c2cc(C#N)cc3cc4n(c23)CCNC4=O)ccc1F. The average molecular weight is 663 g/mol. The summed E-state index contributed by atoms with van der Waals surface area (Å²) in [6.45, 7) is 10.9. The van der Waals surface area contributed by atoms with Gasteiger partial charge in [0.25, 0.3) is 11.8 Å². The van der Waals surface area contributed by atoms with Gasteiger partial charge in [-0.1, -0.05) is 51.1 Å². The molecule has 0 spiro atoms. The topological polar surface area (TPSA) is 116 Å². The minimum atomic E-state index is -0.261. The van der Waals surface area contributed by atoms with E-state index in [0.29, 0.717) is 47.7 Å². The Kier molecular flexibility index (Phi) is 8.00. The van der Waals surface area contributed by atoms with Crippen molar-refractivity contribution in [2.24, 2.45) is 0 Å². The molecule has 0 unspecified atom stereocenters. The molecule has 2 N–H and O–H groups in total. The van der Waals surface area contributed by atoms with Crippen molar-refractivity contribution in [3.05, 3.63) is 118 Å². The highest BCUT2D eigenvalue weighted by Crippen LogP contribution is 2.36. The van der Waals surface area contributed by atoms with Crippen LogP contribution in [0.25, 0.3) is 44.1 Å². The number of nitriles is 2. The summed E-state index contributed by atoms with van der Waals surface area (Å²) in [5.41, 5.74) is 9.95. The second-order valence-electron chi connectivity index (χ2n) is 13.8. The first-order valence-electron chi connectivity index (χ1n) is 16.6. The Bertz CT molecular complexity index is 2450. The molecule has 0 radical (unpaired) electrons. The molecule has 0 aliphatic carbocycles. The Morgan fingerprint density at radius 2 is 1.16 bits per heavy atom. The second-order valence-corrected chi connectivity index (χ2v) is 13.8. The van der Waals surface area contributed by atoms with Gasteiger partial charge in [0.1, 0.15) is 17.2 Å². The van der Waals surface area contributed by atoms with Crippen LogP contribution in [-0.2, 0) is 18.5 Å². The summed E-state index contributed by atoms with van der Waals surface area (Å²) in [5.74, 6) is -0.430. The molecule has 0 saturated heterocycles. The summed E-state index contributed by atoms with van der Waals surface area (Å²) in [7, 11) is 0. The molecule has 4 heterocycles. The summed E-state index contributed by atoms with van der Waals surface area (Å²) in [4.78, 5) is 24.3. The van der Waals surface area contributed by atoms with E-state index in [-0.39, 0.29) is 23.0 Å². The third kappa shape index (κ3) is 5.67. The molecule has 9 heteroatoms. The molecule has 0 saturated carbocycles. The molecule has 2 aliphatic rings. The van der Waals surface area contributed by atoms with Crippen molar-refractivity contribution in [2.45, 2.75) is 46.2 Å². The van der Waals surface area contributed by atoms with E-state index < -0.39 is 0 Å². The van der Waals surface area contributed by atoms with Gasteiger partial charge in [0.2, 0.25) is 0 Å². The van der Waals surface area contributed by atoms with Gasteiger partial charge in [-0.15, -0.1) is 0 Å². The molecule has 8 nitrogen and oxygen atoms in total. The van der Waals surface area contributed by atoms with Crippen molar-refractivity contribution in [3.63, 3.8) is 0 Å². The maximum Gasteiger partial charge on any atom is 0.268 e. The lowest BCUT2D eigenvalue weighted by Gasteiger charge is -2.20. The van der Waals surface area contributed by atoms with Gasteiger partial charge >= 0.3 is 0 Å². The van der Waals surface area contributed by atoms with Crippen LogP contribution in [0.3, 0.4) is 0 Å². The Hall–Kier alpha value is -6.19. The summed E-state index contributed by atoms with van der Waals surface area (Å²) in [6, 6.07) is 28.9. The Labute approximate surface area is 289 Å². The molecule has 0 bridgehead atoms. The molecule has 2 amide bonds. The van der Waals surface area contributed by atoms with Crippen molar-refractivity contribution < 1.29 is 14.0 Å². The van der Waals surface area contributed by atoms with Gasteiger partial charge in [-0.25, -0.2) is 4.39 Å². The monoisotopic (exact) mass is 662 g/mol. The van der Waals surface area contributed by atoms with E-state index in [1.165, 1.54) is 11.6 Å². The highest BCUT2D eigenvalue weighted by molar-refractivity contribution is 6.05. The summed E-state index contributed by atoms with van der Waals surface area (Å²) in [6.07, 6.45) is 0.